The predicted molar refractivity (Wildman–Crippen MR) is 80.3 cm³/mol. The standard InChI is InChI=1S/C15H29NO5/c1-7-20-10-15(12(17)18,8-11(2)3)9-16-13(19)21-14(4,5)6/h11H,7-10H2,1-6H3,(H,16,19)(H,17,18). The number of nitrogens with one attached hydrogen (secondary N) is 1. The van der Waals surface area contributed by atoms with Crippen molar-refractivity contribution in [3.05, 3.63) is 0 Å². The number of ether oxygens (including phenoxy) is 2. The summed E-state index contributed by atoms with van der Waals surface area (Å²) in [4.78, 5) is 23.4. The maximum atomic E-state index is 11.7. The van der Waals surface area contributed by atoms with E-state index in [0.717, 1.165) is 0 Å². The number of carboxylic acids is 1. The summed E-state index contributed by atoms with van der Waals surface area (Å²) in [5.74, 6) is -0.803. The van der Waals surface area contributed by atoms with Gasteiger partial charge < -0.3 is 19.9 Å². The van der Waals surface area contributed by atoms with Gasteiger partial charge in [0.25, 0.3) is 0 Å². The summed E-state index contributed by atoms with van der Waals surface area (Å²) in [5.41, 5.74) is -1.75. The van der Waals surface area contributed by atoms with Crippen LogP contribution in [-0.2, 0) is 14.3 Å². The molecule has 124 valence electrons. The van der Waals surface area contributed by atoms with Gasteiger partial charge in [-0.2, -0.15) is 0 Å². The highest BCUT2D eigenvalue weighted by Crippen LogP contribution is 2.27. The van der Waals surface area contributed by atoms with E-state index < -0.39 is 23.1 Å². The number of aliphatic carboxylic acids is 1. The van der Waals surface area contributed by atoms with Gasteiger partial charge in [0.05, 0.1) is 6.61 Å². The van der Waals surface area contributed by atoms with E-state index >= 15 is 0 Å². The normalized spacial score (nSPS) is 14.6. The fourth-order valence-corrected chi connectivity index (χ4v) is 2.04. The molecule has 0 aromatic carbocycles. The Labute approximate surface area is 127 Å². The van der Waals surface area contributed by atoms with E-state index in [4.69, 9.17) is 9.47 Å². The second-order valence-electron chi connectivity index (χ2n) is 6.68. The van der Waals surface area contributed by atoms with Gasteiger partial charge in [0.2, 0.25) is 0 Å². The molecule has 0 aliphatic heterocycles. The smallest absolute Gasteiger partial charge is 0.407 e. The first-order valence-electron chi connectivity index (χ1n) is 7.30. The lowest BCUT2D eigenvalue weighted by Gasteiger charge is -2.31. The van der Waals surface area contributed by atoms with Gasteiger partial charge in [-0.25, -0.2) is 4.79 Å². The summed E-state index contributed by atoms with van der Waals surface area (Å²) >= 11 is 0. The third-order valence-corrected chi connectivity index (χ3v) is 2.81. The third kappa shape index (κ3) is 7.90. The maximum Gasteiger partial charge on any atom is 0.407 e. The van der Waals surface area contributed by atoms with Crippen molar-refractivity contribution in [2.45, 2.75) is 53.6 Å². The summed E-state index contributed by atoms with van der Waals surface area (Å²) in [5, 5.41) is 12.1. The van der Waals surface area contributed by atoms with Gasteiger partial charge in [0.1, 0.15) is 11.0 Å². The molecule has 0 saturated heterocycles. The second kappa shape index (κ2) is 8.22. The summed E-state index contributed by atoms with van der Waals surface area (Å²) < 4.78 is 10.5. The van der Waals surface area contributed by atoms with Crippen molar-refractivity contribution in [1.82, 2.24) is 5.32 Å². The average Bonchev–Trinajstić information content (AvgIpc) is 2.29. The van der Waals surface area contributed by atoms with Crippen LogP contribution < -0.4 is 5.32 Å². The van der Waals surface area contributed by atoms with Crippen LogP contribution in [0.25, 0.3) is 0 Å². The first kappa shape index (κ1) is 19.7. The molecule has 0 saturated carbocycles. The van der Waals surface area contributed by atoms with Crippen LogP contribution in [0.4, 0.5) is 4.79 Å². The Morgan fingerprint density at radius 1 is 1.24 bits per heavy atom. The number of alkyl carbamates (subject to hydrolysis) is 1. The molecule has 0 spiro atoms. The van der Waals surface area contributed by atoms with Crippen LogP contribution in [0.1, 0.15) is 48.0 Å². The minimum atomic E-state index is -1.14. The Morgan fingerprint density at radius 2 is 1.81 bits per heavy atom. The summed E-state index contributed by atoms with van der Waals surface area (Å²) in [6, 6.07) is 0. The summed E-state index contributed by atoms with van der Waals surface area (Å²) in [6.45, 7) is 11.4. The van der Waals surface area contributed by atoms with Crippen LogP contribution in [0.2, 0.25) is 0 Å². The Hall–Kier alpha value is -1.30. The van der Waals surface area contributed by atoms with E-state index in [1.165, 1.54) is 0 Å². The number of rotatable bonds is 8. The minimum Gasteiger partial charge on any atom is -0.481 e. The molecule has 0 aliphatic carbocycles. The Morgan fingerprint density at radius 3 is 2.19 bits per heavy atom. The van der Waals surface area contributed by atoms with Crippen LogP contribution >= 0.6 is 0 Å². The monoisotopic (exact) mass is 303 g/mol. The highest BCUT2D eigenvalue weighted by molar-refractivity contribution is 5.76. The Kier molecular flexibility index (Phi) is 7.71. The number of carboxylic acid groups (broad SMARTS) is 1. The molecule has 0 bridgehead atoms. The fraction of sp³-hybridized carbons (Fsp3) is 0.867. The zero-order valence-electron chi connectivity index (χ0n) is 14.0. The molecule has 2 N–H and O–H groups in total. The van der Waals surface area contributed by atoms with Crippen molar-refractivity contribution < 1.29 is 24.2 Å². The lowest BCUT2D eigenvalue weighted by atomic mass is 9.80. The molecule has 1 amide bonds. The first-order chi connectivity index (χ1) is 9.52. The SMILES string of the molecule is CCOCC(CNC(=O)OC(C)(C)C)(CC(C)C)C(=O)O. The molecule has 1 atom stereocenters. The van der Waals surface area contributed by atoms with Gasteiger partial charge in [-0.05, 0) is 40.0 Å². The first-order valence-corrected chi connectivity index (χ1v) is 7.30. The van der Waals surface area contributed by atoms with Gasteiger partial charge in [-0.3, -0.25) is 4.79 Å². The summed E-state index contributed by atoms with van der Waals surface area (Å²) in [6.07, 6.45) is -0.202. The zero-order valence-corrected chi connectivity index (χ0v) is 14.0. The van der Waals surface area contributed by atoms with Crippen molar-refractivity contribution in [2.24, 2.45) is 11.3 Å². The van der Waals surface area contributed by atoms with Gasteiger partial charge in [-0.1, -0.05) is 13.8 Å². The molecule has 1 unspecified atom stereocenters. The van der Waals surface area contributed by atoms with Crippen LogP contribution in [-0.4, -0.2) is 42.5 Å². The van der Waals surface area contributed by atoms with Crippen LogP contribution in [0.3, 0.4) is 0 Å². The van der Waals surface area contributed by atoms with Gasteiger partial charge in [0, 0.05) is 13.2 Å². The molecule has 0 rings (SSSR count). The van der Waals surface area contributed by atoms with Crippen LogP contribution in [0, 0.1) is 11.3 Å². The lowest BCUT2D eigenvalue weighted by Crippen LogP contribution is -2.48. The maximum absolute atomic E-state index is 11.7. The molecule has 0 aliphatic rings. The lowest BCUT2D eigenvalue weighted by molar-refractivity contribution is -0.154. The van der Waals surface area contributed by atoms with Gasteiger partial charge in [-0.15, -0.1) is 0 Å². The van der Waals surface area contributed by atoms with Crippen molar-refractivity contribution >= 4 is 12.1 Å². The van der Waals surface area contributed by atoms with E-state index in [1.807, 2.05) is 20.8 Å². The molecule has 21 heavy (non-hydrogen) atoms. The number of carbonyl (C=O) groups excluding carboxylic acids is 1. The van der Waals surface area contributed by atoms with E-state index in [2.05, 4.69) is 5.32 Å². The largest absolute Gasteiger partial charge is 0.481 e. The molecule has 0 radical (unpaired) electrons. The van der Waals surface area contributed by atoms with E-state index in [0.29, 0.717) is 13.0 Å². The average molecular weight is 303 g/mol. The Balaban J connectivity index is 4.87. The van der Waals surface area contributed by atoms with Crippen molar-refractivity contribution in [1.29, 1.82) is 0 Å². The third-order valence-electron chi connectivity index (χ3n) is 2.81. The molecule has 0 heterocycles. The predicted octanol–water partition coefficient (Wildman–Crippen LogP) is 2.66. The zero-order chi connectivity index (χ0) is 16.7. The number of hydrogen-bond donors (Lipinski definition) is 2. The quantitative estimate of drug-likeness (QED) is 0.720. The molecule has 0 aromatic rings. The van der Waals surface area contributed by atoms with E-state index in [9.17, 15) is 14.7 Å². The Bertz CT molecular complexity index is 348. The highest BCUT2D eigenvalue weighted by atomic mass is 16.6. The van der Waals surface area contributed by atoms with Gasteiger partial charge >= 0.3 is 12.1 Å². The van der Waals surface area contributed by atoms with Crippen LogP contribution in [0.5, 0.6) is 0 Å². The number of amides is 1. The van der Waals surface area contributed by atoms with E-state index in [1.54, 1.807) is 20.8 Å². The van der Waals surface area contributed by atoms with Gasteiger partial charge in [0.15, 0.2) is 0 Å². The van der Waals surface area contributed by atoms with Crippen molar-refractivity contribution in [3.8, 4) is 0 Å². The molecule has 0 aromatic heterocycles. The number of hydrogen-bond acceptors (Lipinski definition) is 4. The van der Waals surface area contributed by atoms with Crippen molar-refractivity contribution in [3.63, 3.8) is 0 Å². The molecule has 0 fully saturated rings. The van der Waals surface area contributed by atoms with Crippen LogP contribution in [0.15, 0.2) is 0 Å². The molecular weight excluding hydrogens is 274 g/mol. The fourth-order valence-electron chi connectivity index (χ4n) is 2.04. The minimum absolute atomic E-state index is 0.0184. The highest BCUT2D eigenvalue weighted by Gasteiger charge is 2.40. The molecular formula is C15H29NO5. The summed E-state index contributed by atoms with van der Waals surface area (Å²) in [7, 11) is 0. The topological polar surface area (TPSA) is 84.9 Å². The second-order valence-corrected chi connectivity index (χ2v) is 6.68. The number of carbonyl (C=O) groups is 2. The molecule has 6 nitrogen and oxygen atoms in total. The van der Waals surface area contributed by atoms with Crippen molar-refractivity contribution in [2.75, 3.05) is 19.8 Å². The van der Waals surface area contributed by atoms with E-state index in [-0.39, 0.29) is 19.1 Å². The molecule has 6 heteroatoms.